The molecule has 0 aromatic carbocycles. The first-order chi connectivity index (χ1) is 14.2. The van der Waals surface area contributed by atoms with E-state index in [-0.39, 0.29) is 18.8 Å². The summed E-state index contributed by atoms with van der Waals surface area (Å²) in [5.41, 5.74) is 4.68. The van der Waals surface area contributed by atoms with Gasteiger partial charge in [0.05, 0.1) is 12.7 Å². The topological polar surface area (TPSA) is 239 Å². The lowest BCUT2D eigenvalue weighted by atomic mass is 10.2. The fraction of sp³-hybridized carbons (Fsp3) is 0.500. The lowest BCUT2D eigenvalue weighted by Gasteiger charge is -2.20. The van der Waals surface area contributed by atoms with E-state index in [1.165, 1.54) is 12.3 Å². The van der Waals surface area contributed by atoms with Gasteiger partial charge >= 0.3 is 29.2 Å². The number of aromatic nitrogens is 2. The summed E-state index contributed by atoms with van der Waals surface area (Å²) in [5, 5.41) is 0. The third-order valence-electron chi connectivity index (χ3n) is 3.54. The summed E-state index contributed by atoms with van der Waals surface area (Å²) in [7, 11) is -16.6. The van der Waals surface area contributed by atoms with Gasteiger partial charge in [-0.05, 0) is 6.07 Å². The number of terminal acetylenes is 1. The first-order valence-electron chi connectivity index (χ1n) is 8.05. The van der Waals surface area contributed by atoms with E-state index in [1.54, 1.807) is 0 Å². The summed E-state index contributed by atoms with van der Waals surface area (Å²) in [6.45, 7) is -0.950. The van der Waals surface area contributed by atoms with Crippen LogP contribution in [0.2, 0.25) is 0 Å². The summed E-state index contributed by atoms with van der Waals surface area (Å²) in [6.07, 6.45) is 3.56. The van der Waals surface area contributed by atoms with Gasteiger partial charge in [0.2, 0.25) is 0 Å². The van der Waals surface area contributed by atoms with E-state index in [4.69, 9.17) is 36.3 Å². The zero-order valence-electron chi connectivity index (χ0n) is 15.4. The number of phosphoric ester groups is 1. The highest BCUT2D eigenvalue weighted by molar-refractivity contribution is 7.66. The molecule has 2 unspecified atom stereocenters. The van der Waals surface area contributed by atoms with Gasteiger partial charge in [-0.15, -0.1) is 6.42 Å². The molecule has 16 nitrogen and oxygen atoms in total. The SMILES string of the molecule is C#CCO[C@H]1C[C@H](n2ccc(N)nc2=O)O[C@@H]1COP(=O)(O)OP(=O)(O)OP(=O)(O)O. The third kappa shape index (κ3) is 8.21. The van der Waals surface area contributed by atoms with Crippen LogP contribution in [0.5, 0.6) is 0 Å². The molecule has 0 aliphatic carbocycles. The molecule has 1 fully saturated rings. The average Bonchev–Trinajstić information content (AvgIpc) is 2.97. The molecule has 19 heteroatoms. The molecule has 0 radical (unpaired) electrons. The van der Waals surface area contributed by atoms with Crippen LogP contribution in [0, 0.1) is 12.3 Å². The Kier molecular flexibility index (Phi) is 8.34. The quantitative estimate of drug-likeness (QED) is 0.198. The minimum Gasteiger partial charge on any atom is -0.383 e. The number of hydrogen-bond acceptors (Lipinski definition) is 11. The Labute approximate surface area is 174 Å². The molecule has 1 aromatic heterocycles. The Morgan fingerprint density at radius 1 is 1.26 bits per heavy atom. The van der Waals surface area contributed by atoms with Crippen molar-refractivity contribution in [3.8, 4) is 12.3 Å². The largest absolute Gasteiger partial charge is 0.490 e. The number of nitrogens with zero attached hydrogens (tertiary/aromatic N) is 2. The summed E-state index contributed by atoms with van der Waals surface area (Å²) in [5.74, 6) is 2.18. The predicted molar refractivity (Wildman–Crippen MR) is 99.8 cm³/mol. The van der Waals surface area contributed by atoms with E-state index in [9.17, 15) is 23.4 Å². The molecule has 0 spiro atoms. The van der Waals surface area contributed by atoms with Crippen molar-refractivity contribution in [1.29, 1.82) is 0 Å². The Hall–Kier alpha value is -1.43. The maximum atomic E-state index is 12.0. The molecule has 1 aromatic rings. The number of ether oxygens (including phenoxy) is 2. The summed E-state index contributed by atoms with van der Waals surface area (Å²) in [6, 6.07) is 1.33. The molecule has 1 aliphatic rings. The average molecular weight is 505 g/mol. The zero-order valence-corrected chi connectivity index (χ0v) is 18.0. The Morgan fingerprint density at radius 2 is 1.94 bits per heavy atom. The van der Waals surface area contributed by atoms with Crippen molar-refractivity contribution >= 4 is 29.3 Å². The highest BCUT2D eigenvalue weighted by atomic mass is 31.3. The second-order valence-corrected chi connectivity index (χ2v) is 10.3. The van der Waals surface area contributed by atoms with E-state index in [0.717, 1.165) is 4.57 Å². The molecule has 2 heterocycles. The van der Waals surface area contributed by atoms with E-state index in [2.05, 4.69) is 24.0 Å². The molecule has 0 bridgehead atoms. The second kappa shape index (κ2) is 10.0. The summed E-state index contributed by atoms with van der Waals surface area (Å²) < 4.78 is 57.7. The fourth-order valence-electron chi connectivity index (χ4n) is 2.47. The number of nitrogens with two attached hydrogens (primary N) is 1. The number of anilines is 1. The molecule has 174 valence electrons. The van der Waals surface area contributed by atoms with Gasteiger partial charge in [-0.1, -0.05) is 5.92 Å². The molecule has 1 aliphatic heterocycles. The maximum Gasteiger partial charge on any atom is 0.490 e. The van der Waals surface area contributed by atoms with E-state index < -0.39 is 54.2 Å². The Balaban J connectivity index is 2.09. The molecule has 31 heavy (non-hydrogen) atoms. The highest BCUT2D eigenvalue weighted by Crippen LogP contribution is 2.66. The third-order valence-corrected chi connectivity index (χ3v) is 7.34. The van der Waals surface area contributed by atoms with Gasteiger partial charge in [0.15, 0.2) is 0 Å². The molecular weight excluding hydrogens is 487 g/mol. The van der Waals surface area contributed by atoms with Crippen LogP contribution in [-0.2, 0) is 36.3 Å². The summed E-state index contributed by atoms with van der Waals surface area (Å²) in [4.78, 5) is 51.3. The van der Waals surface area contributed by atoms with Crippen molar-refractivity contribution in [3.63, 3.8) is 0 Å². The first kappa shape index (κ1) is 25.8. The fourth-order valence-corrected chi connectivity index (χ4v) is 5.50. The monoisotopic (exact) mass is 505 g/mol. The number of hydrogen-bond donors (Lipinski definition) is 5. The zero-order chi connectivity index (χ0) is 23.4. The highest BCUT2D eigenvalue weighted by Gasteiger charge is 2.43. The second-order valence-electron chi connectivity index (χ2n) is 5.85. The molecule has 1 saturated heterocycles. The van der Waals surface area contributed by atoms with Crippen LogP contribution in [0.15, 0.2) is 17.1 Å². The van der Waals surface area contributed by atoms with Crippen molar-refractivity contribution in [2.24, 2.45) is 0 Å². The standard InChI is InChI=1S/C12H18N3O13P3/c1-2-5-24-8-6-11(15-4-3-10(13)14-12(15)16)26-9(8)7-25-30(20,21)28-31(22,23)27-29(17,18)19/h1,3-4,8-9,11H,5-7H2,(H,20,21)(H,22,23)(H2,13,14,16)(H2,17,18,19)/t8-,9+,11+/m0/s1. The van der Waals surface area contributed by atoms with E-state index in [0.29, 0.717) is 0 Å². The van der Waals surface area contributed by atoms with Crippen LogP contribution in [0.25, 0.3) is 0 Å². The van der Waals surface area contributed by atoms with Gasteiger partial charge in [-0.3, -0.25) is 9.09 Å². The molecule has 2 rings (SSSR count). The lowest BCUT2D eigenvalue weighted by molar-refractivity contribution is -0.0564. The predicted octanol–water partition coefficient (Wildman–Crippen LogP) is -0.525. The van der Waals surface area contributed by atoms with Crippen LogP contribution >= 0.6 is 23.5 Å². The van der Waals surface area contributed by atoms with Gasteiger partial charge in [-0.25, -0.2) is 18.5 Å². The van der Waals surface area contributed by atoms with Crippen LogP contribution < -0.4 is 11.4 Å². The maximum absolute atomic E-state index is 12.0. The minimum atomic E-state index is -5.67. The van der Waals surface area contributed by atoms with Gasteiger partial charge in [0.1, 0.15) is 24.8 Å². The van der Waals surface area contributed by atoms with Crippen molar-refractivity contribution in [2.75, 3.05) is 18.9 Å². The normalized spacial score (nSPS) is 25.5. The minimum absolute atomic E-state index is 0.0245. The number of rotatable bonds is 10. The molecule has 0 saturated carbocycles. The Bertz CT molecular complexity index is 1030. The van der Waals surface area contributed by atoms with Crippen LogP contribution in [0.3, 0.4) is 0 Å². The smallest absolute Gasteiger partial charge is 0.383 e. The first-order valence-corrected chi connectivity index (χ1v) is 12.6. The van der Waals surface area contributed by atoms with Crippen LogP contribution in [0.1, 0.15) is 12.6 Å². The van der Waals surface area contributed by atoms with Crippen molar-refractivity contribution in [3.05, 3.63) is 22.7 Å². The molecular formula is C12H18N3O13P3. The lowest BCUT2D eigenvalue weighted by Crippen LogP contribution is -2.29. The van der Waals surface area contributed by atoms with E-state index in [1.807, 2.05) is 0 Å². The van der Waals surface area contributed by atoms with Gasteiger partial charge in [0.25, 0.3) is 0 Å². The summed E-state index contributed by atoms with van der Waals surface area (Å²) >= 11 is 0. The molecule has 5 atom stereocenters. The Morgan fingerprint density at radius 3 is 2.52 bits per heavy atom. The van der Waals surface area contributed by atoms with Gasteiger partial charge < -0.3 is 34.8 Å². The van der Waals surface area contributed by atoms with Crippen molar-refractivity contribution in [2.45, 2.75) is 24.9 Å². The number of nitrogen functional groups attached to an aromatic ring is 1. The molecule has 0 amide bonds. The van der Waals surface area contributed by atoms with Crippen LogP contribution in [0.4, 0.5) is 5.82 Å². The van der Waals surface area contributed by atoms with Gasteiger partial charge in [-0.2, -0.15) is 13.6 Å². The van der Waals surface area contributed by atoms with Crippen molar-refractivity contribution < 1.29 is 55.9 Å². The van der Waals surface area contributed by atoms with Crippen molar-refractivity contribution in [1.82, 2.24) is 9.55 Å². The van der Waals surface area contributed by atoms with Crippen LogP contribution in [-0.4, -0.2) is 54.5 Å². The van der Waals surface area contributed by atoms with Gasteiger partial charge in [0, 0.05) is 12.6 Å². The number of phosphoric acid groups is 3. The van der Waals surface area contributed by atoms with E-state index >= 15 is 0 Å². The molecule has 6 N–H and O–H groups in total.